The first-order chi connectivity index (χ1) is 3.46. The number of hydrogen-bond acceptors (Lipinski definition) is 4. The Labute approximate surface area is 102 Å². The molecule has 0 spiro atoms. The second-order valence-corrected chi connectivity index (χ2v) is 0.533. The molecule has 0 aliphatic carbocycles. The normalized spacial score (nSPS) is 4.80. The first-order valence-electron chi connectivity index (χ1n) is 1.26. The Morgan fingerprint density at radius 2 is 1.20 bits per heavy atom. The van der Waals surface area contributed by atoms with Crippen LogP contribution in [0.1, 0.15) is 1.43 Å². The van der Waals surface area contributed by atoms with Crippen LogP contribution < -0.4 is 39.8 Å². The Kier molecular flexibility index (Phi) is 36.5. The van der Waals surface area contributed by atoms with Crippen LogP contribution in [-0.4, -0.2) is 52.1 Å². The average molecular weight is 170 g/mol. The van der Waals surface area contributed by atoms with Crippen LogP contribution in [-0.2, 0) is 0 Å². The number of carboxylic acid groups (broad SMARTS) is 4. The van der Waals surface area contributed by atoms with E-state index in [1.807, 2.05) is 0 Å². The number of hydrogen-bond donors (Lipinski definition) is 2. The molecule has 0 heterocycles. The van der Waals surface area contributed by atoms with Crippen molar-refractivity contribution in [3.63, 3.8) is 0 Å². The molecule has 6 nitrogen and oxygen atoms in total. The van der Waals surface area contributed by atoms with E-state index >= 15 is 0 Å². The Morgan fingerprint density at radius 3 is 1.20 bits per heavy atom. The van der Waals surface area contributed by atoms with Crippen molar-refractivity contribution in [2.75, 3.05) is 0 Å². The molecule has 0 saturated heterocycles. The quantitative estimate of drug-likeness (QED) is 0.349. The fourth-order valence-electron chi connectivity index (χ4n) is 0. The van der Waals surface area contributed by atoms with E-state index in [0.29, 0.717) is 0 Å². The minimum absolute atomic E-state index is 0. The summed E-state index contributed by atoms with van der Waals surface area (Å²) in [6, 6.07) is 0. The van der Waals surface area contributed by atoms with Gasteiger partial charge in [-0.25, -0.2) is 4.79 Å². The van der Waals surface area contributed by atoms with Gasteiger partial charge in [-0.05, 0) is 6.16 Å². The first-order valence-corrected chi connectivity index (χ1v) is 1.26. The summed E-state index contributed by atoms with van der Waals surface area (Å²) in [7, 11) is 0. The molecule has 0 atom stereocenters. The predicted molar refractivity (Wildman–Crippen MR) is 24.3 cm³/mol. The topological polar surface area (TPSA) is 121 Å². The Bertz CT molecular complexity index is 76.6. The van der Waals surface area contributed by atoms with E-state index < -0.39 is 12.3 Å². The molecule has 0 aliphatic heterocycles. The van der Waals surface area contributed by atoms with E-state index in [0.717, 1.165) is 0 Å². The molecule has 0 aliphatic rings. The zero-order valence-electron chi connectivity index (χ0n) is 5.53. The molecule has 0 bridgehead atoms. The summed E-state index contributed by atoms with van der Waals surface area (Å²) in [4.78, 5) is 16.9. The third-order valence-electron chi connectivity index (χ3n) is 0. The molecule has 0 aromatic heterocycles. The Hall–Kier alpha value is 0.540. The fraction of sp³-hybridized carbons (Fsp3) is 0. The fourth-order valence-corrected chi connectivity index (χ4v) is 0. The van der Waals surface area contributed by atoms with Crippen molar-refractivity contribution in [3.8, 4) is 0 Å². The van der Waals surface area contributed by atoms with E-state index in [-0.39, 0.29) is 60.5 Å². The number of carbonyl (C=O) groups is 2. The van der Waals surface area contributed by atoms with Gasteiger partial charge in [-0.1, -0.05) is 0 Å². The van der Waals surface area contributed by atoms with Gasteiger partial charge in [-0.2, -0.15) is 0 Å². The summed E-state index contributed by atoms with van der Waals surface area (Å²) in [5.41, 5.74) is 0. The van der Waals surface area contributed by atoms with Crippen LogP contribution in [0.4, 0.5) is 9.59 Å². The zero-order valence-corrected chi connectivity index (χ0v) is 6.53. The van der Waals surface area contributed by atoms with Gasteiger partial charge in [0, 0.05) is 0 Å². The van der Waals surface area contributed by atoms with E-state index in [1.165, 1.54) is 0 Å². The van der Waals surface area contributed by atoms with E-state index in [4.69, 9.17) is 30.0 Å². The molecule has 0 fully saturated rings. The molecular formula is C2H4Na2O6. The molecule has 0 aromatic carbocycles. The number of rotatable bonds is 0. The van der Waals surface area contributed by atoms with Crippen molar-refractivity contribution in [1.29, 1.82) is 0 Å². The molecule has 0 rings (SSSR count). The monoisotopic (exact) mass is 170 g/mol. The molecule has 10 heavy (non-hydrogen) atoms. The third-order valence-corrected chi connectivity index (χ3v) is 0. The molecule has 0 aromatic rings. The third kappa shape index (κ3) is 1660. The van der Waals surface area contributed by atoms with Crippen molar-refractivity contribution in [2.45, 2.75) is 0 Å². The van der Waals surface area contributed by atoms with Crippen molar-refractivity contribution in [1.82, 2.24) is 0 Å². The van der Waals surface area contributed by atoms with Gasteiger partial charge in [-0.15, -0.1) is 0 Å². The maximum atomic E-state index is 8.56. The van der Waals surface area contributed by atoms with Crippen LogP contribution in [0.5, 0.6) is 0 Å². The Balaban J connectivity index is -0.0000000171. The SMILES string of the molecule is O=C(O)O.O=C([O-])[O-].[H+].[Na+].[NaH]. The molecule has 8 heteroatoms. The molecule has 0 saturated carbocycles. The molecule has 2 N–H and O–H groups in total. The van der Waals surface area contributed by atoms with Crippen LogP contribution in [0.3, 0.4) is 0 Å². The average Bonchev–Trinajstić information content (AvgIpc) is 1.25. The zero-order chi connectivity index (χ0) is 7.15. The standard InChI is InChI=1S/2CH2O3.2Na.H/c2*2-1(3)4;;;/h2*(H2,2,3,4);;;/q;;;+1;/p-1. The van der Waals surface area contributed by atoms with Gasteiger partial charge in [-0.3, -0.25) is 0 Å². The van der Waals surface area contributed by atoms with Crippen LogP contribution in [0, 0.1) is 0 Å². The van der Waals surface area contributed by atoms with Crippen LogP contribution in [0.2, 0.25) is 0 Å². The second-order valence-electron chi connectivity index (χ2n) is 0.533. The number of carbonyl (C=O) groups excluding carboxylic acids is 1. The summed E-state index contributed by atoms with van der Waals surface area (Å²) < 4.78 is 0. The summed E-state index contributed by atoms with van der Waals surface area (Å²) in [5.74, 6) is 0. The first kappa shape index (κ1) is 22.4. The molecule has 0 amide bonds. The minimum atomic E-state index is -2.33. The van der Waals surface area contributed by atoms with Gasteiger partial charge in [0.15, 0.2) is 0 Å². The molecule has 50 valence electrons. The summed E-state index contributed by atoms with van der Waals surface area (Å²) >= 11 is 0. The molecule has 0 unspecified atom stereocenters. The Morgan fingerprint density at radius 1 is 1.20 bits per heavy atom. The van der Waals surface area contributed by atoms with Crippen LogP contribution in [0.25, 0.3) is 0 Å². The van der Waals surface area contributed by atoms with Crippen molar-refractivity contribution in [3.05, 3.63) is 0 Å². The van der Waals surface area contributed by atoms with Gasteiger partial charge >= 0.3 is 66.7 Å². The van der Waals surface area contributed by atoms with E-state index in [1.54, 1.807) is 0 Å². The second kappa shape index (κ2) is 16.3. The maximum absolute atomic E-state index is 8.56. The van der Waals surface area contributed by atoms with Crippen molar-refractivity contribution < 1.29 is 61.0 Å². The van der Waals surface area contributed by atoms with Crippen molar-refractivity contribution >= 4 is 41.9 Å². The van der Waals surface area contributed by atoms with E-state index in [9.17, 15) is 0 Å². The summed E-state index contributed by atoms with van der Waals surface area (Å²) in [5, 5.41) is 30.6. The van der Waals surface area contributed by atoms with Gasteiger partial charge in [0.2, 0.25) is 0 Å². The van der Waals surface area contributed by atoms with Crippen LogP contribution >= 0.6 is 0 Å². The van der Waals surface area contributed by atoms with E-state index in [2.05, 4.69) is 0 Å². The van der Waals surface area contributed by atoms with Gasteiger partial charge in [0.25, 0.3) is 0 Å². The summed E-state index contributed by atoms with van der Waals surface area (Å²) in [6.45, 7) is 0. The van der Waals surface area contributed by atoms with Gasteiger partial charge in [0.1, 0.15) is 0 Å². The molecule has 0 radical (unpaired) electrons. The van der Waals surface area contributed by atoms with Gasteiger partial charge in [0.05, 0.1) is 0 Å². The van der Waals surface area contributed by atoms with Crippen LogP contribution in [0.15, 0.2) is 0 Å². The molecular weight excluding hydrogens is 166 g/mol. The van der Waals surface area contributed by atoms with Gasteiger partial charge < -0.3 is 25.2 Å². The summed E-state index contributed by atoms with van der Waals surface area (Å²) in [6.07, 6.45) is -4.17. The predicted octanol–water partition coefficient (Wildman–Crippen LogP) is -5.76. The van der Waals surface area contributed by atoms with Crippen molar-refractivity contribution in [2.24, 2.45) is 0 Å².